The van der Waals surface area contributed by atoms with E-state index in [0.717, 1.165) is 18.7 Å². The predicted octanol–water partition coefficient (Wildman–Crippen LogP) is 3.78. The van der Waals surface area contributed by atoms with Gasteiger partial charge in [-0.25, -0.2) is 8.42 Å². The van der Waals surface area contributed by atoms with Crippen molar-refractivity contribution < 1.29 is 8.42 Å². The van der Waals surface area contributed by atoms with Crippen molar-refractivity contribution in [2.24, 2.45) is 0 Å². The number of hydrogen-bond acceptors (Lipinski definition) is 3. The summed E-state index contributed by atoms with van der Waals surface area (Å²) in [5, 5.41) is 3.35. The van der Waals surface area contributed by atoms with E-state index in [4.69, 9.17) is 0 Å². The minimum atomic E-state index is -3.10. The molecule has 0 fully saturated rings. The summed E-state index contributed by atoms with van der Waals surface area (Å²) in [5.41, 5.74) is 2.53. The van der Waals surface area contributed by atoms with Crippen molar-refractivity contribution in [2.75, 3.05) is 17.6 Å². The van der Waals surface area contributed by atoms with Gasteiger partial charge in [-0.2, -0.15) is 0 Å². The zero-order chi connectivity index (χ0) is 14.4. The first kappa shape index (κ1) is 15.1. The smallest absolute Gasteiger partial charge is 0.178 e. The van der Waals surface area contributed by atoms with Crippen LogP contribution in [0.3, 0.4) is 0 Å². The molecule has 1 N–H and O–H groups in total. The average molecular weight is 293 g/mol. The van der Waals surface area contributed by atoms with Gasteiger partial charge >= 0.3 is 0 Å². The maximum absolute atomic E-state index is 11.9. The van der Waals surface area contributed by atoms with E-state index in [-0.39, 0.29) is 5.75 Å². The Bertz CT molecular complexity index is 559. The standard InChI is InChI=1S/C16H23NO2S/c1-2-13-20(18,19)16-9-7-15(8-10-16)17-12-11-14-5-3-4-6-14/h5,7-10,17H,2-4,6,11-13H2,1H3. The highest BCUT2D eigenvalue weighted by Gasteiger charge is 2.12. The molecule has 0 amide bonds. The van der Waals surface area contributed by atoms with E-state index in [9.17, 15) is 8.42 Å². The first-order valence-electron chi connectivity index (χ1n) is 7.36. The number of rotatable bonds is 7. The molecule has 1 aliphatic rings. The van der Waals surface area contributed by atoms with Gasteiger partial charge in [0.25, 0.3) is 0 Å². The molecule has 0 saturated carbocycles. The summed E-state index contributed by atoms with van der Waals surface area (Å²) < 4.78 is 23.8. The molecule has 0 aromatic heterocycles. The van der Waals surface area contributed by atoms with Crippen LogP contribution in [-0.2, 0) is 9.84 Å². The highest BCUT2D eigenvalue weighted by atomic mass is 32.2. The van der Waals surface area contributed by atoms with Crippen LogP contribution >= 0.6 is 0 Å². The summed E-state index contributed by atoms with van der Waals surface area (Å²) in [5.74, 6) is 0.216. The summed E-state index contributed by atoms with van der Waals surface area (Å²) >= 11 is 0. The molecule has 0 aliphatic heterocycles. The molecule has 0 heterocycles. The predicted molar refractivity (Wildman–Crippen MR) is 83.8 cm³/mol. The van der Waals surface area contributed by atoms with E-state index in [2.05, 4.69) is 11.4 Å². The van der Waals surface area contributed by atoms with Crippen molar-refractivity contribution in [3.05, 3.63) is 35.9 Å². The maximum atomic E-state index is 11.9. The Morgan fingerprint density at radius 1 is 1.20 bits per heavy atom. The van der Waals surface area contributed by atoms with E-state index in [1.807, 2.05) is 19.1 Å². The molecule has 110 valence electrons. The van der Waals surface area contributed by atoms with Gasteiger partial charge in [0.1, 0.15) is 0 Å². The molecule has 0 atom stereocenters. The lowest BCUT2D eigenvalue weighted by molar-refractivity contribution is 0.595. The summed E-state index contributed by atoms with van der Waals surface area (Å²) in [6.07, 6.45) is 7.81. The van der Waals surface area contributed by atoms with Crippen molar-refractivity contribution in [2.45, 2.75) is 43.9 Å². The van der Waals surface area contributed by atoms with Gasteiger partial charge in [0.05, 0.1) is 10.6 Å². The van der Waals surface area contributed by atoms with Gasteiger partial charge in [-0.1, -0.05) is 18.6 Å². The van der Waals surface area contributed by atoms with E-state index < -0.39 is 9.84 Å². The average Bonchev–Trinajstić information content (AvgIpc) is 2.92. The molecule has 0 unspecified atom stereocenters. The Balaban J connectivity index is 1.88. The molecule has 1 aromatic carbocycles. The van der Waals surface area contributed by atoms with Gasteiger partial charge in [0, 0.05) is 12.2 Å². The van der Waals surface area contributed by atoms with Crippen molar-refractivity contribution in [1.82, 2.24) is 0 Å². The Morgan fingerprint density at radius 2 is 1.95 bits per heavy atom. The van der Waals surface area contributed by atoms with Crippen molar-refractivity contribution in [1.29, 1.82) is 0 Å². The Hall–Kier alpha value is -1.29. The minimum absolute atomic E-state index is 0.216. The number of sulfone groups is 1. The maximum Gasteiger partial charge on any atom is 0.178 e. The second kappa shape index (κ2) is 6.93. The molecule has 2 rings (SSSR count). The number of allylic oxidation sites excluding steroid dienone is 1. The molecule has 0 radical (unpaired) electrons. The van der Waals surface area contributed by atoms with Crippen LogP contribution < -0.4 is 5.32 Å². The van der Waals surface area contributed by atoms with Gasteiger partial charge in [-0.3, -0.25) is 0 Å². The summed E-state index contributed by atoms with van der Waals surface area (Å²) in [7, 11) is -3.10. The van der Waals surface area contributed by atoms with Crippen molar-refractivity contribution in [3.8, 4) is 0 Å². The van der Waals surface area contributed by atoms with Crippen LogP contribution in [0, 0.1) is 0 Å². The van der Waals surface area contributed by atoms with Crippen LogP contribution in [0.4, 0.5) is 5.69 Å². The van der Waals surface area contributed by atoms with E-state index in [0.29, 0.717) is 11.3 Å². The molecule has 0 bridgehead atoms. The zero-order valence-corrected chi connectivity index (χ0v) is 12.9. The largest absolute Gasteiger partial charge is 0.385 e. The SMILES string of the molecule is CCCS(=O)(=O)c1ccc(NCCC2=CCCC2)cc1. The van der Waals surface area contributed by atoms with Gasteiger partial charge in [-0.15, -0.1) is 0 Å². The van der Waals surface area contributed by atoms with Gasteiger partial charge in [0.2, 0.25) is 0 Å². The van der Waals surface area contributed by atoms with Crippen LogP contribution in [0.15, 0.2) is 40.8 Å². The minimum Gasteiger partial charge on any atom is -0.385 e. The quantitative estimate of drug-likeness (QED) is 0.778. The molecule has 4 heteroatoms. The molecule has 0 spiro atoms. The molecule has 1 aliphatic carbocycles. The third-order valence-electron chi connectivity index (χ3n) is 3.60. The lowest BCUT2D eigenvalue weighted by Crippen LogP contribution is -2.06. The third-order valence-corrected chi connectivity index (χ3v) is 5.53. The first-order valence-corrected chi connectivity index (χ1v) is 9.01. The van der Waals surface area contributed by atoms with Crippen LogP contribution in [0.2, 0.25) is 0 Å². The first-order chi connectivity index (χ1) is 9.62. The van der Waals surface area contributed by atoms with Crippen LogP contribution in [0.25, 0.3) is 0 Å². The van der Waals surface area contributed by atoms with Gasteiger partial charge in [0.15, 0.2) is 9.84 Å². The van der Waals surface area contributed by atoms with Gasteiger partial charge in [-0.05, 0) is 56.4 Å². The van der Waals surface area contributed by atoms with Crippen molar-refractivity contribution in [3.63, 3.8) is 0 Å². The fraction of sp³-hybridized carbons (Fsp3) is 0.500. The fourth-order valence-electron chi connectivity index (χ4n) is 2.50. The number of anilines is 1. The highest BCUT2D eigenvalue weighted by molar-refractivity contribution is 7.91. The fourth-order valence-corrected chi connectivity index (χ4v) is 3.82. The monoisotopic (exact) mass is 293 g/mol. The number of nitrogens with one attached hydrogen (secondary N) is 1. The highest BCUT2D eigenvalue weighted by Crippen LogP contribution is 2.21. The lowest BCUT2D eigenvalue weighted by atomic mass is 10.1. The van der Waals surface area contributed by atoms with Crippen LogP contribution in [0.1, 0.15) is 39.0 Å². The molecule has 0 saturated heterocycles. The number of hydrogen-bond donors (Lipinski definition) is 1. The van der Waals surface area contributed by atoms with Crippen molar-refractivity contribution >= 4 is 15.5 Å². The van der Waals surface area contributed by atoms with Gasteiger partial charge < -0.3 is 5.32 Å². The van der Waals surface area contributed by atoms with E-state index >= 15 is 0 Å². The Morgan fingerprint density at radius 3 is 2.55 bits per heavy atom. The number of benzene rings is 1. The molecule has 3 nitrogen and oxygen atoms in total. The normalized spacial score (nSPS) is 15.2. The molecule has 1 aromatic rings. The summed E-state index contributed by atoms with van der Waals surface area (Å²) in [6, 6.07) is 7.10. The lowest BCUT2D eigenvalue weighted by Gasteiger charge is -2.08. The second-order valence-electron chi connectivity index (χ2n) is 5.27. The molecular formula is C16H23NO2S. The van der Waals surface area contributed by atoms with Crippen LogP contribution in [-0.4, -0.2) is 20.7 Å². The summed E-state index contributed by atoms with van der Waals surface area (Å²) in [6.45, 7) is 2.79. The summed E-state index contributed by atoms with van der Waals surface area (Å²) in [4.78, 5) is 0.420. The zero-order valence-electron chi connectivity index (χ0n) is 12.1. The third kappa shape index (κ3) is 4.10. The topological polar surface area (TPSA) is 46.2 Å². The van der Waals surface area contributed by atoms with Crippen LogP contribution in [0.5, 0.6) is 0 Å². The Labute approximate surface area is 122 Å². The van der Waals surface area contributed by atoms with E-state index in [1.165, 1.54) is 19.3 Å². The van der Waals surface area contributed by atoms with E-state index in [1.54, 1.807) is 17.7 Å². The molecule has 20 heavy (non-hydrogen) atoms. The molecular weight excluding hydrogens is 270 g/mol. The Kier molecular flexibility index (Phi) is 5.24. The second-order valence-corrected chi connectivity index (χ2v) is 7.38.